The number of ether oxygens (including phenoxy) is 1. The molecule has 9 heteroatoms. The van der Waals surface area contributed by atoms with Gasteiger partial charge in [-0.05, 0) is 38.0 Å². The van der Waals surface area contributed by atoms with Crippen LogP contribution >= 0.6 is 0 Å². The van der Waals surface area contributed by atoms with Crippen molar-refractivity contribution in [3.63, 3.8) is 0 Å². The molecular formula is C26H24F2N4O3. The maximum Gasteiger partial charge on any atom is 0.280 e. The van der Waals surface area contributed by atoms with E-state index in [0.717, 1.165) is 18.5 Å². The fourth-order valence-corrected chi connectivity index (χ4v) is 4.01. The van der Waals surface area contributed by atoms with Crippen molar-refractivity contribution in [2.24, 2.45) is 0 Å². The average Bonchev–Trinajstić information content (AvgIpc) is 3.62. The van der Waals surface area contributed by atoms with E-state index in [1.165, 1.54) is 24.3 Å². The fraction of sp³-hybridized carbons (Fsp3) is 0.308. The highest BCUT2D eigenvalue weighted by molar-refractivity contribution is 5.96. The van der Waals surface area contributed by atoms with Gasteiger partial charge in [0, 0.05) is 48.6 Å². The molecule has 0 amide bonds. The van der Waals surface area contributed by atoms with Crippen molar-refractivity contribution < 1.29 is 18.3 Å². The van der Waals surface area contributed by atoms with E-state index in [4.69, 9.17) is 9.72 Å². The highest BCUT2D eigenvalue weighted by Crippen LogP contribution is 2.39. The number of fused-ring (bicyclic) bond motifs is 1. The lowest BCUT2D eigenvalue weighted by molar-refractivity contribution is 0.0984. The zero-order chi connectivity index (χ0) is 24.5. The van der Waals surface area contributed by atoms with Gasteiger partial charge in [0.2, 0.25) is 0 Å². The summed E-state index contributed by atoms with van der Waals surface area (Å²) in [6.45, 7) is 2.06. The van der Waals surface area contributed by atoms with E-state index in [1.54, 1.807) is 35.2 Å². The summed E-state index contributed by atoms with van der Waals surface area (Å²) >= 11 is 0. The van der Waals surface area contributed by atoms with E-state index in [1.807, 2.05) is 17.5 Å². The first-order valence-corrected chi connectivity index (χ1v) is 11.5. The Morgan fingerprint density at radius 1 is 1.14 bits per heavy atom. The molecule has 35 heavy (non-hydrogen) atoms. The summed E-state index contributed by atoms with van der Waals surface area (Å²) in [7, 11) is 0. The second kappa shape index (κ2) is 9.40. The maximum atomic E-state index is 13.1. The molecule has 1 atom stereocenters. The van der Waals surface area contributed by atoms with Crippen molar-refractivity contribution in [3.05, 3.63) is 94.1 Å². The quantitative estimate of drug-likeness (QED) is 0.324. The number of halogens is 2. The maximum absolute atomic E-state index is 13.1. The molecule has 0 N–H and O–H groups in total. The Morgan fingerprint density at radius 3 is 2.71 bits per heavy atom. The summed E-state index contributed by atoms with van der Waals surface area (Å²) in [6.07, 6.45) is 4.81. The molecule has 180 valence electrons. The SMILES string of the molecule is CC(COc1cc2nc(C3CC3)cn2cc1CC(=O)c1cccc(C(F)F)n1)n1ccccc1=O. The van der Waals surface area contributed by atoms with E-state index in [2.05, 4.69) is 4.98 Å². The Hall–Kier alpha value is -3.88. The van der Waals surface area contributed by atoms with Gasteiger partial charge in [0.25, 0.3) is 12.0 Å². The largest absolute Gasteiger partial charge is 0.491 e. The number of carbonyl (C=O) groups excluding carboxylic acids is 1. The summed E-state index contributed by atoms with van der Waals surface area (Å²) in [5.41, 5.74) is 1.67. The Morgan fingerprint density at radius 2 is 1.97 bits per heavy atom. The minimum atomic E-state index is -2.76. The minimum absolute atomic E-state index is 0.0256. The average molecular weight is 478 g/mol. The number of aromatic nitrogens is 4. The number of hydrogen-bond donors (Lipinski definition) is 0. The smallest absolute Gasteiger partial charge is 0.280 e. The van der Waals surface area contributed by atoms with Gasteiger partial charge in [-0.15, -0.1) is 0 Å². The van der Waals surface area contributed by atoms with Gasteiger partial charge < -0.3 is 13.7 Å². The van der Waals surface area contributed by atoms with Crippen molar-refractivity contribution in [2.75, 3.05) is 6.61 Å². The van der Waals surface area contributed by atoms with E-state index in [0.29, 0.717) is 22.9 Å². The highest BCUT2D eigenvalue weighted by Gasteiger charge is 2.27. The predicted octanol–water partition coefficient (Wildman–Crippen LogP) is 4.77. The molecule has 1 aliphatic rings. The van der Waals surface area contributed by atoms with Crippen LogP contribution < -0.4 is 10.3 Å². The fourth-order valence-electron chi connectivity index (χ4n) is 4.01. The topological polar surface area (TPSA) is 78.5 Å². The summed E-state index contributed by atoms with van der Waals surface area (Å²) in [5, 5.41) is 0. The number of rotatable bonds is 9. The molecule has 0 aliphatic heterocycles. The first-order chi connectivity index (χ1) is 16.9. The second-order valence-electron chi connectivity index (χ2n) is 8.82. The van der Waals surface area contributed by atoms with Crippen LogP contribution in [0.15, 0.2) is 65.8 Å². The van der Waals surface area contributed by atoms with Crippen LogP contribution in [0.2, 0.25) is 0 Å². The van der Waals surface area contributed by atoms with Gasteiger partial charge in [-0.3, -0.25) is 9.59 Å². The molecule has 0 spiro atoms. The number of hydrogen-bond acceptors (Lipinski definition) is 5. The Labute approximate surface area is 200 Å². The zero-order valence-electron chi connectivity index (χ0n) is 19.1. The van der Waals surface area contributed by atoms with E-state index >= 15 is 0 Å². The van der Waals surface area contributed by atoms with Gasteiger partial charge in [-0.1, -0.05) is 12.1 Å². The number of Topliss-reactive ketones (excluding diaryl/α,β-unsaturated/α-hetero) is 1. The monoisotopic (exact) mass is 478 g/mol. The van der Waals surface area contributed by atoms with Crippen LogP contribution in [0, 0.1) is 0 Å². The molecule has 0 saturated heterocycles. The van der Waals surface area contributed by atoms with Crippen LogP contribution in [0.25, 0.3) is 5.65 Å². The van der Waals surface area contributed by atoms with Gasteiger partial charge in [0.05, 0.1) is 11.7 Å². The third-order valence-corrected chi connectivity index (χ3v) is 6.08. The van der Waals surface area contributed by atoms with Crippen LogP contribution in [0.4, 0.5) is 8.78 Å². The first kappa shape index (κ1) is 22.9. The third-order valence-electron chi connectivity index (χ3n) is 6.08. The molecule has 4 aromatic rings. The summed E-state index contributed by atoms with van der Waals surface area (Å²) in [6, 6.07) is 10.5. The van der Waals surface area contributed by atoms with E-state index in [9.17, 15) is 18.4 Å². The lowest BCUT2D eigenvalue weighted by atomic mass is 10.1. The number of carbonyl (C=O) groups is 1. The van der Waals surface area contributed by atoms with E-state index < -0.39 is 17.9 Å². The van der Waals surface area contributed by atoms with Gasteiger partial charge in [0.1, 0.15) is 29.4 Å². The normalized spacial score (nSPS) is 14.4. The Balaban J connectivity index is 1.44. The predicted molar refractivity (Wildman–Crippen MR) is 125 cm³/mol. The lowest BCUT2D eigenvalue weighted by Gasteiger charge is -2.18. The van der Waals surface area contributed by atoms with Crippen molar-refractivity contribution in [1.29, 1.82) is 0 Å². The van der Waals surface area contributed by atoms with Crippen molar-refractivity contribution in [2.45, 2.75) is 44.6 Å². The first-order valence-electron chi connectivity index (χ1n) is 11.5. The van der Waals surface area contributed by atoms with Crippen molar-refractivity contribution >= 4 is 11.4 Å². The second-order valence-corrected chi connectivity index (χ2v) is 8.82. The number of ketones is 1. The Kier molecular flexibility index (Phi) is 6.15. The van der Waals surface area contributed by atoms with Crippen LogP contribution in [-0.4, -0.2) is 31.3 Å². The Bertz CT molecular complexity index is 1440. The molecule has 7 nitrogen and oxygen atoms in total. The van der Waals surface area contributed by atoms with Crippen LogP contribution in [0.1, 0.15) is 65.6 Å². The summed E-state index contributed by atoms with van der Waals surface area (Å²) < 4.78 is 35.7. The number of nitrogens with zero attached hydrogens (tertiary/aromatic N) is 4. The van der Waals surface area contributed by atoms with E-state index in [-0.39, 0.29) is 30.3 Å². The molecular weight excluding hydrogens is 454 g/mol. The molecule has 5 rings (SSSR count). The number of imidazole rings is 1. The molecule has 0 radical (unpaired) electrons. The van der Waals surface area contributed by atoms with Gasteiger partial charge >= 0.3 is 0 Å². The molecule has 4 heterocycles. The molecule has 4 aromatic heterocycles. The van der Waals surface area contributed by atoms with Crippen molar-refractivity contribution in [3.8, 4) is 5.75 Å². The van der Waals surface area contributed by atoms with Gasteiger partial charge in [-0.2, -0.15) is 0 Å². The molecule has 1 unspecified atom stereocenters. The summed E-state index contributed by atoms with van der Waals surface area (Å²) in [4.78, 5) is 33.6. The zero-order valence-corrected chi connectivity index (χ0v) is 19.1. The molecule has 1 aliphatic carbocycles. The molecule has 1 fully saturated rings. The molecule has 1 saturated carbocycles. The standard InChI is InChI=1S/C26H24F2N4O3/c1-16(32-10-3-2-7-25(32)34)15-35-23-12-24-30-21(17-8-9-17)14-31(24)13-18(23)11-22(33)19-5-4-6-20(29-19)26(27)28/h2-7,10,12-14,16-17,26H,8-9,11,15H2,1H3. The number of alkyl halides is 2. The summed E-state index contributed by atoms with van der Waals surface area (Å²) in [5.74, 6) is 0.516. The molecule has 0 aromatic carbocycles. The van der Waals surface area contributed by atoms with Crippen LogP contribution in [-0.2, 0) is 6.42 Å². The van der Waals surface area contributed by atoms with Crippen molar-refractivity contribution in [1.82, 2.24) is 18.9 Å². The minimum Gasteiger partial charge on any atom is -0.491 e. The van der Waals surface area contributed by atoms with Crippen LogP contribution in [0.3, 0.4) is 0 Å². The third kappa shape index (κ3) is 4.99. The van der Waals surface area contributed by atoms with Gasteiger partial charge in [0.15, 0.2) is 5.78 Å². The number of pyridine rings is 3. The highest BCUT2D eigenvalue weighted by atomic mass is 19.3. The molecule has 0 bridgehead atoms. The lowest BCUT2D eigenvalue weighted by Crippen LogP contribution is -2.25. The van der Waals surface area contributed by atoms with Gasteiger partial charge in [-0.25, -0.2) is 18.7 Å². The van der Waals surface area contributed by atoms with Crippen LogP contribution in [0.5, 0.6) is 5.75 Å².